The zero-order valence-electron chi connectivity index (χ0n) is 18.0. The van der Waals surface area contributed by atoms with E-state index in [-0.39, 0.29) is 12.4 Å². The molecule has 0 saturated carbocycles. The second kappa shape index (κ2) is 8.00. The topological polar surface area (TPSA) is 33.4 Å². The van der Waals surface area contributed by atoms with Crippen molar-refractivity contribution in [3.63, 3.8) is 0 Å². The second-order valence-electron chi connectivity index (χ2n) is 8.45. The van der Waals surface area contributed by atoms with Crippen LogP contribution in [0.4, 0.5) is 5.82 Å². The minimum Gasteiger partial charge on any atom is -0.281 e. The van der Waals surface area contributed by atoms with Gasteiger partial charge in [-0.05, 0) is 64.2 Å². The summed E-state index contributed by atoms with van der Waals surface area (Å²) < 4.78 is 2.24. The molecule has 1 fully saturated rings. The van der Waals surface area contributed by atoms with Crippen LogP contribution >= 0.6 is 12.4 Å². The summed E-state index contributed by atoms with van der Waals surface area (Å²) in [5.41, 5.74) is 8.85. The minimum absolute atomic E-state index is 0. The first-order valence-corrected chi connectivity index (χ1v) is 10.4. The van der Waals surface area contributed by atoms with Gasteiger partial charge in [0.05, 0.1) is 5.69 Å². The van der Waals surface area contributed by atoms with Gasteiger partial charge in [-0.25, -0.2) is 9.67 Å². The highest BCUT2D eigenvalue weighted by Gasteiger charge is 2.42. The number of aliphatic imine (C=N–C) groups is 1. The molecule has 1 saturated heterocycles. The molecule has 5 heteroatoms. The maximum Gasteiger partial charge on any atom is 0.160 e. The lowest BCUT2D eigenvalue weighted by molar-refractivity contribution is 0.161. The Morgan fingerprint density at radius 3 is 2.36 bits per heavy atom. The van der Waals surface area contributed by atoms with E-state index in [0.717, 1.165) is 24.6 Å². The monoisotopic (exact) mass is 400 g/mol. The van der Waals surface area contributed by atoms with Crippen LogP contribution in [0.15, 0.2) is 17.1 Å². The van der Waals surface area contributed by atoms with Crippen molar-refractivity contribution in [2.75, 3.05) is 13.1 Å². The first kappa shape index (κ1) is 21.1. The number of fused-ring (bicyclic) bond motifs is 3. The number of nitrogens with zero attached hydrogens (tertiary/aromatic N) is 4. The summed E-state index contributed by atoms with van der Waals surface area (Å²) in [6.07, 6.45) is 4.01. The van der Waals surface area contributed by atoms with Crippen molar-refractivity contribution in [2.45, 2.75) is 67.0 Å². The zero-order valence-corrected chi connectivity index (χ0v) is 18.9. The number of likely N-dealkylation sites (tertiary alicyclic amines) is 1. The Morgan fingerprint density at radius 2 is 1.71 bits per heavy atom. The molecule has 0 bridgehead atoms. The molecule has 0 N–H and O–H groups in total. The predicted octanol–water partition coefficient (Wildman–Crippen LogP) is 5.93. The van der Waals surface area contributed by atoms with Crippen LogP contribution in [0.1, 0.15) is 61.7 Å². The van der Waals surface area contributed by atoms with Gasteiger partial charge in [0, 0.05) is 30.3 Å². The van der Waals surface area contributed by atoms with E-state index in [0.29, 0.717) is 12.1 Å². The van der Waals surface area contributed by atoms with Gasteiger partial charge in [0.25, 0.3) is 0 Å². The molecule has 28 heavy (non-hydrogen) atoms. The molecule has 2 aromatic rings. The van der Waals surface area contributed by atoms with Gasteiger partial charge in [-0.1, -0.05) is 31.0 Å². The van der Waals surface area contributed by atoms with E-state index in [1.165, 1.54) is 52.8 Å². The smallest absolute Gasteiger partial charge is 0.160 e. The van der Waals surface area contributed by atoms with Crippen LogP contribution in [0, 0.1) is 33.6 Å². The van der Waals surface area contributed by atoms with Gasteiger partial charge in [0.1, 0.15) is 6.17 Å². The van der Waals surface area contributed by atoms with E-state index in [1.807, 2.05) is 0 Å². The van der Waals surface area contributed by atoms with Crippen molar-refractivity contribution >= 4 is 23.9 Å². The highest BCUT2D eigenvalue weighted by Crippen LogP contribution is 2.46. The Bertz CT molecular complexity index is 889. The molecule has 1 aromatic heterocycles. The molecular formula is C23H33ClN4. The summed E-state index contributed by atoms with van der Waals surface area (Å²) in [7, 11) is 0. The zero-order chi connectivity index (χ0) is 19.3. The molecule has 2 aliphatic rings. The molecule has 152 valence electrons. The van der Waals surface area contributed by atoms with Gasteiger partial charge in [0.15, 0.2) is 5.82 Å². The van der Waals surface area contributed by atoms with Crippen LogP contribution < -0.4 is 0 Å². The van der Waals surface area contributed by atoms with Gasteiger partial charge < -0.3 is 0 Å². The van der Waals surface area contributed by atoms with E-state index in [1.54, 1.807) is 0 Å². The van der Waals surface area contributed by atoms with Crippen LogP contribution in [0.2, 0.25) is 0 Å². The third kappa shape index (κ3) is 3.31. The number of unbranched alkanes of at least 4 members (excludes halogenated alkanes) is 1. The third-order valence-electron chi connectivity index (χ3n) is 6.32. The van der Waals surface area contributed by atoms with Gasteiger partial charge in [0.2, 0.25) is 0 Å². The standard InChI is InChI=1S/C23H32N4.ClH/c1-7-8-10-26-11-9-19-17(5)24-22-21(18(6)25-27(22)23(19)26)20-15(3)12-14(2)13-16(20)4;/h12-13,19,23H,7-11H2,1-6H3;1H. The maximum absolute atomic E-state index is 5.10. The average Bonchev–Trinajstić information content (AvgIpc) is 3.15. The van der Waals surface area contributed by atoms with Crippen molar-refractivity contribution in [1.29, 1.82) is 0 Å². The van der Waals surface area contributed by atoms with E-state index in [9.17, 15) is 0 Å². The quantitative estimate of drug-likeness (QED) is 0.636. The average molecular weight is 401 g/mol. The molecule has 0 spiro atoms. The number of rotatable bonds is 4. The van der Waals surface area contributed by atoms with Crippen molar-refractivity contribution in [3.8, 4) is 11.1 Å². The Hall–Kier alpha value is -1.65. The highest BCUT2D eigenvalue weighted by atomic mass is 35.5. The lowest BCUT2D eigenvalue weighted by Gasteiger charge is -2.32. The highest BCUT2D eigenvalue weighted by molar-refractivity contribution is 5.92. The normalized spacial score (nSPS) is 21.1. The number of halogens is 1. The Balaban J connectivity index is 0.00000225. The molecule has 2 aliphatic heterocycles. The number of aryl methyl sites for hydroxylation is 4. The molecule has 3 heterocycles. The Morgan fingerprint density at radius 1 is 1.04 bits per heavy atom. The number of hydrogen-bond donors (Lipinski definition) is 0. The van der Waals surface area contributed by atoms with Gasteiger partial charge >= 0.3 is 0 Å². The second-order valence-corrected chi connectivity index (χ2v) is 8.45. The SMILES string of the molecule is CCCCN1CCC2C(C)=Nc3c(-c4c(C)cc(C)cc4C)c(C)nn3C21.Cl. The van der Waals surface area contributed by atoms with E-state index in [4.69, 9.17) is 10.1 Å². The number of aromatic nitrogens is 2. The largest absolute Gasteiger partial charge is 0.281 e. The molecule has 0 amide bonds. The van der Waals surface area contributed by atoms with E-state index >= 15 is 0 Å². The predicted molar refractivity (Wildman–Crippen MR) is 120 cm³/mol. The van der Waals surface area contributed by atoms with Crippen LogP contribution in [0.25, 0.3) is 11.1 Å². The van der Waals surface area contributed by atoms with Crippen molar-refractivity contribution in [2.24, 2.45) is 10.9 Å². The van der Waals surface area contributed by atoms with Crippen LogP contribution in [-0.2, 0) is 0 Å². The van der Waals surface area contributed by atoms with Gasteiger partial charge in [-0.3, -0.25) is 4.90 Å². The number of hydrogen-bond acceptors (Lipinski definition) is 3. The molecule has 2 atom stereocenters. The van der Waals surface area contributed by atoms with E-state index in [2.05, 4.69) is 63.3 Å². The Labute approximate surface area is 175 Å². The summed E-state index contributed by atoms with van der Waals surface area (Å²) in [5.74, 6) is 1.56. The van der Waals surface area contributed by atoms with Gasteiger partial charge in [-0.2, -0.15) is 5.10 Å². The van der Waals surface area contributed by atoms with Crippen molar-refractivity contribution < 1.29 is 0 Å². The lowest BCUT2D eigenvalue weighted by atomic mass is 9.92. The van der Waals surface area contributed by atoms with Crippen molar-refractivity contribution in [1.82, 2.24) is 14.7 Å². The first-order chi connectivity index (χ1) is 12.9. The molecule has 1 aromatic carbocycles. The molecule has 2 unspecified atom stereocenters. The van der Waals surface area contributed by atoms with E-state index < -0.39 is 0 Å². The molecule has 4 rings (SSSR count). The Kier molecular flexibility index (Phi) is 6.02. The number of benzene rings is 1. The summed E-state index contributed by atoms with van der Waals surface area (Å²) in [4.78, 5) is 7.72. The first-order valence-electron chi connectivity index (χ1n) is 10.4. The third-order valence-corrected chi connectivity index (χ3v) is 6.32. The minimum atomic E-state index is 0. The molecular weight excluding hydrogens is 368 g/mol. The van der Waals surface area contributed by atoms with Crippen LogP contribution in [0.3, 0.4) is 0 Å². The van der Waals surface area contributed by atoms with Crippen molar-refractivity contribution in [3.05, 3.63) is 34.5 Å². The summed E-state index contributed by atoms with van der Waals surface area (Å²) in [6.45, 7) is 15.5. The summed E-state index contributed by atoms with van der Waals surface area (Å²) in [5, 5.41) is 5.04. The van der Waals surface area contributed by atoms with Crippen LogP contribution in [0.5, 0.6) is 0 Å². The lowest BCUT2D eigenvalue weighted by Crippen LogP contribution is -2.35. The fourth-order valence-electron chi connectivity index (χ4n) is 5.14. The fraction of sp³-hybridized carbons (Fsp3) is 0.565. The van der Waals surface area contributed by atoms with Gasteiger partial charge in [-0.15, -0.1) is 12.4 Å². The maximum atomic E-state index is 5.10. The molecule has 0 aliphatic carbocycles. The molecule has 0 radical (unpaired) electrons. The summed E-state index contributed by atoms with van der Waals surface area (Å²) in [6, 6.07) is 4.55. The van der Waals surface area contributed by atoms with Crippen LogP contribution in [-0.4, -0.2) is 33.5 Å². The summed E-state index contributed by atoms with van der Waals surface area (Å²) >= 11 is 0. The molecule has 4 nitrogen and oxygen atoms in total. The fourth-order valence-corrected chi connectivity index (χ4v) is 5.14.